The van der Waals surface area contributed by atoms with E-state index in [9.17, 15) is 14.5 Å². The lowest BCUT2D eigenvalue weighted by molar-refractivity contribution is -0.394. The van der Waals surface area contributed by atoms with E-state index in [0.717, 1.165) is 16.8 Å². The second-order valence-corrected chi connectivity index (χ2v) is 6.98. The molecule has 0 radical (unpaired) electrons. The fourth-order valence-corrected chi connectivity index (χ4v) is 3.11. The van der Waals surface area contributed by atoms with Gasteiger partial charge >= 0.3 is 5.95 Å². The lowest BCUT2D eigenvalue weighted by atomic mass is 9.92. The first-order valence-corrected chi connectivity index (χ1v) is 8.80. The first kappa shape index (κ1) is 18.7. The molecule has 7 heteroatoms. The van der Waals surface area contributed by atoms with Gasteiger partial charge in [0.15, 0.2) is 0 Å². The molecule has 0 bridgehead atoms. The van der Waals surface area contributed by atoms with Crippen LogP contribution in [-0.2, 0) is 0 Å². The van der Waals surface area contributed by atoms with Crippen molar-refractivity contribution in [1.29, 1.82) is 0 Å². The first-order chi connectivity index (χ1) is 12.8. The lowest BCUT2D eigenvalue weighted by Gasteiger charge is -2.18. The summed E-state index contributed by atoms with van der Waals surface area (Å²) in [5.41, 5.74) is 2.84. The van der Waals surface area contributed by atoms with Crippen molar-refractivity contribution in [3.63, 3.8) is 0 Å². The summed E-state index contributed by atoms with van der Waals surface area (Å²) in [6.07, 6.45) is 0. The fraction of sp³-hybridized carbons (Fsp3) is 0.300. The van der Waals surface area contributed by atoms with E-state index in [1.165, 1.54) is 10.7 Å². The van der Waals surface area contributed by atoms with E-state index in [1.807, 2.05) is 45.9 Å². The monoisotopic (exact) mass is 368 g/mol. The third-order valence-electron chi connectivity index (χ3n) is 4.43. The number of nitrogens with zero attached hydrogens (tertiary/aromatic N) is 4. The van der Waals surface area contributed by atoms with Gasteiger partial charge < -0.3 is 10.1 Å². The van der Waals surface area contributed by atoms with Crippen LogP contribution in [0.1, 0.15) is 50.7 Å². The van der Waals surface area contributed by atoms with Crippen molar-refractivity contribution in [3.8, 4) is 17.1 Å². The van der Waals surface area contributed by atoms with Crippen LogP contribution in [0.25, 0.3) is 17.1 Å². The van der Waals surface area contributed by atoms with Crippen LogP contribution in [0.4, 0.5) is 10.3 Å². The minimum Gasteiger partial charge on any atom is -0.390 e. The van der Waals surface area contributed by atoms with Crippen LogP contribution in [0.2, 0.25) is 0 Å². The number of para-hydroxylation sites is 1. The van der Waals surface area contributed by atoms with Gasteiger partial charge in [0.2, 0.25) is 0 Å². The smallest absolute Gasteiger partial charge is 0.390 e. The molecule has 0 fully saturated rings. The Morgan fingerprint density at radius 3 is 2.11 bits per heavy atom. The number of hydrogen-bond donors (Lipinski definition) is 0. The molecule has 0 amide bonds. The third kappa shape index (κ3) is 3.45. The van der Waals surface area contributed by atoms with Crippen LogP contribution in [0.3, 0.4) is 0 Å². The Morgan fingerprint density at radius 1 is 1.00 bits per heavy atom. The van der Waals surface area contributed by atoms with E-state index in [-0.39, 0.29) is 23.2 Å². The van der Waals surface area contributed by atoms with Gasteiger partial charge in [-0.2, -0.15) is 0 Å². The minimum absolute atomic E-state index is 0.120. The SMILES string of the molecule is CC(C)c1cccc(C(C)C)c1-n1nc([N+](=O)[O-])nc1-c1ccccc1F. The number of hydrogen-bond acceptors (Lipinski definition) is 4. The van der Waals surface area contributed by atoms with Crippen molar-refractivity contribution in [2.45, 2.75) is 39.5 Å². The highest BCUT2D eigenvalue weighted by atomic mass is 19.1. The number of nitro groups is 1. The van der Waals surface area contributed by atoms with Gasteiger partial charge in [-0.1, -0.05) is 58.0 Å². The summed E-state index contributed by atoms with van der Waals surface area (Å²) >= 11 is 0. The van der Waals surface area contributed by atoms with Crippen LogP contribution >= 0.6 is 0 Å². The number of halogens is 1. The molecule has 1 heterocycles. The van der Waals surface area contributed by atoms with E-state index >= 15 is 0 Å². The molecule has 140 valence electrons. The van der Waals surface area contributed by atoms with Gasteiger partial charge in [-0.25, -0.2) is 4.39 Å². The summed E-state index contributed by atoms with van der Waals surface area (Å²) in [6.45, 7) is 8.15. The normalized spacial score (nSPS) is 11.4. The van der Waals surface area contributed by atoms with Gasteiger partial charge in [0, 0.05) is 5.10 Å². The van der Waals surface area contributed by atoms with Gasteiger partial charge in [0.05, 0.1) is 11.3 Å². The molecule has 0 unspecified atom stereocenters. The van der Waals surface area contributed by atoms with Crippen molar-refractivity contribution >= 4 is 5.95 Å². The fourth-order valence-electron chi connectivity index (χ4n) is 3.11. The largest absolute Gasteiger partial charge is 0.491 e. The Kier molecular flexibility index (Phi) is 5.03. The average molecular weight is 368 g/mol. The molecule has 0 saturated carbocycles. The maximum absolute atomic E-state index is 14.4. The highest BCUT2D eigenvalue weighted by molar-refractivity contribution is 5.62. The van der Waals surface area contributed by atoms with Crippen LogP contribution in [0, 0.1) is 15.9 Å². The van der Waals surface area contributed by atoms with Crippen molar-refractivity contribution in [2.75, 3.05) is 0 Å². The Labute approximate surface area is 156 Å². The van der Waals surface area contributed by atoms with E-state index < -0.39 is 16.7 Å². The van der Waals surface area contributed by atoms with E-state index in [2.05, 4.69) is 10.1 Å². The van der Waals surface area contributed by atoms with E-state index in [4.69, 9.17) is 0 Å². The van der Waals surface area contributed by atoms with Gasteiger partial charge in [-0.3, -0.25) is 0 Å². The van der Waals surface area contributed by atoms with Gasteiger partial charge in [-0.05, 0) is 45.0 Å². The molecular weight excluding hydrogens is 347 g/mol. The highest BCUT2D eigenvalue weighted by Gasteiger charge is 2.29. The molecule has 27 heavy (non-hydrogen) atoms. The van der Waals surface area contributed by atoms with Crippen molar-refractivity contribution < 1.29 is 9.31 Å². The molecule has 0 spiro atoms. The van der Waals surface area contributed by atoms with Gasteiger partial charge in [-0.15, -0.1) is 4.68 Å². The predicted octanol–water partition coefficient (Wildman–Crippen LogP) is 5.23. The lowest BCUT2D eigenvalue weighted by Crippen LogP contribution is -2.10. The zero-order chi connectivity index (χ0) is 19.7. The molecule has 0 saturated heterocycles. The van der Waals surface area contributed by atoms with Gasteiger partial charge in [0.1, 0.15) is 5.82 Å². The van der Waals surface area contributed by atoms with Crippen LogP contribution in [0.5, 0.6) is 0 Å². The summed E-state index contributed by atoms with van der Waals surface area (Å²) < 4.78 is 15.9. The van der Waals surface area contributed by atoms with Gasteiger partial charge in [0.25, 0.3) is 5.82 Å². The summed E-state index contributed by atoms with van der Waals surface area (Å²) in [5.74, 6) is -0.642. The summed E-state index contributed by atoms with van der Waals surface area (Å²) in [4.78, 5) is 14.7. The summed E-state index contributed by atoms with van der Waals surface area (Å²) in [6, 6.07) is 12.0. The Balaban J connectivity index is 2.39. The van der Waals surface area contributed by atoms with Crippen molar-refractivity contribution in [1.82, 2.24) is 14.8 Å². The number of rotatable bonds is 5. The van der Waals surface area contributed by atoms with E-state index in [1.54, 1.807) is 18.2 Å². The molecule has 6 nitrogen and oxygen atoms in total. The second kappa shape index (κ2) is 7.26. The highest BCUT2D eigenvalue weighted by Crippen LogP contribution is 2.34. The number of benzene rings is 2. The molecule has 3 aromatic rings. The van der Waals surface area contributed by atoms with Crippen LogP contribution < -0.4 is 0 Å². The Hall–Kier alpha value is -3.09. The summed E-state index contributed by atoms with van der Waals surface area (Å²) in [5, 5.41) is 15.4. The standard InChI is InChI=1S/C20H21FN4O2/c1-12(2)14-9-7-10-15(13(3)4)18(14)24-19(22-20(23-24)25(26)27)16-8-5-6-11-17(16)21/h5-13H,1-4H3. The molecular formula is C20H21FN4O2. The Morgan fingerprint density at radius 2 is 1.59 bits per heavy atom. The third-order valence-corrected chi connectivity index (χ3v) is 4.43. The molecule has 1 aromatic heterocycles. The average Bonchev–Trinajstić information content (AvgIpc) is 3.06. The topological polar surface area (TPSA) is 73.8 Å². The summed E-state index contributed by atoms with van der Waals surface area (Å²) in [7, 11) is 0. The van der Waals surface area contributed by atoms with Crippen molar-refractivity contribution in [2.24, 2.45) is 0 Å². The maximum Gasteiger partial charge on any atom is 0.491 e. The molecule has 3 rings (SSSR count). The first-order valence-electron chi connectivity index (χ1n) is 8.80. The molecule has 0 atom stereocenters. The quantitative estimate of drug-likeness (QED) is 0.457. The molecule has 0 aliphatic rings. The van der Waals surface area contributed by atoms with Crippen LogP contribution in [0.15, 0.2) is 42.5 Å². The van der Waals surface area contributed by atoms with Crippen LogP contribution in [-0.4, -0.2) is 19.7 Å². The molecule has 0 aliphatic heterocycles. The van der Waals surface area contributed by atoms with E-state index in [0.29, 0.717) is 0 Å². The van der Waals surface area contributed by atoms with Crippen molar-refractivity contribution in [3.05, 3.63) is 69.5 Å². The second-order valence-electron chi connectivity index (χ2n) is 6.98. The zero-order valence-corrected chi connectivity index (χ0v) is 15.7. The molecule has 2 aromatic carbocycles. The predicted molar refractivity (Wildman–Crippen MR) is 102 cm³/mol. The maximum atomic E-state index is 14.4. The molecule has 0 aliphatic carbocycles. The minimum atomic E-state index is -0.659. The Bertz CT molecular complexity index is 969. The molecule has 0 N–H and O–H groups in total. The zero-order valence-electron chi connectivity index (χ0n) is 15.7. The number of aromatic nitrogens is 3.